The monoisotopic (exact) mass is 386 g/mol. The molecule has 3 fully saturated rings. The lowest BCUT2D eigenvalue weighted by atomic mass is 9.72. The van der Waals surface area contributed by atoms with Crippen molar-refractivity contribution in [3.63, 3.8) is 0 Å². The Labute approximate surface area is 166 Å². The van der Waals surface area contributed by atoms with Crippen molar-refractivity contribution in [2.75, 3.05) is 32.8 Å². The predicted molar refractivity (Wildman–Crippen MR) is 104 cm³/mol. The fraction of sp³-hybridized carbons (Fsp3) is 0.714. The van der Waals surface area contributed by atoms with Gasteiger partial charge in [-0.25, -0.2) is 9.97 Å². The zero-order valence-electron chi connectivity index (χ0n) is 16.7. The topological polar surface area (TPSA) is 75.6 Å². The number of nitrogens with zero attached hydrogens (tertiary/aromatic N) is 4. The minimum Gasteiger partial charge on any atom is -0.376 e. The highest BCUT2D eigenvalue weighted by molar-refractivity contribution is 5.93. The molecule has 0 unspecified atom stereocenters. The molecule has 0 aromatic carbocycles. The summed E-state index contributed by atoms with van der Waals surface area (Å²) in [6.07, 6.45) is 9.84. The smallest absolute Gasteiger partial charge is 0.256 e. The fourth-order valence-electron chi connectivity index (χ4n) is 4.73. The van der Waals surface area contributed by atoms with E-state index in [9.17, 15) is 9.59 Å². The summed E-state index contributed by atoms with van der Waals surface area (Å²) < 4.78 is 5.74. The standard InChI is InChI=1S/C21H30N4O3/c1-2-18-22-12-16(13-23-18)20(27)24-9-7-21(8-10-24)6-5-19(26)25(15-21)14-17-4-3-11-28-17/h12-13,17H,2-11,14-15H2,1H3/t17-/m0/s1. The number of amides is 2. The first-order valence-corrected chi connectivity index (χ1v) is 10.6. The highest BCUT2D eigenvalue weighted by atomic mass is 16.5. The minimum atomic E-state index is 0.0144. The number of aromatic nitrogens is 2. The highest BCUT2D eigenvalue weighted by Crippen LogP contribution is 2.40. The molecular formula is C21H30N4O3. The summed E-state index contributed by atoms with van der Waals surface area (Å²) in [4.78, 5) is 37.6. The van der Waals surface area contributed by atoms with Gasteiger partial charge in [0.1, 0.15) is 5.82 Å². The number of ether oxygens (including phenoxy) is 1. The van der Waals surface area contributed by atoms with Crippen LogP contribution in [0.15, 0.2) is 12.4 Å². The molecule has 28 heavy (non-hydrogen) atoms. The second-order valence-electron chi connectivity index (χ2n) is 8.44. The van der Waals surface area contributed by atoms with Crippen LogP contribution in [0.1, 0.15) is 61.6 Å². The maximum Gasteiger partial charge on any atom is 0.256 e. The molecule has 0 bridgehead atoms. The molecule has 0 aliphatic carbocycles. The molecule has 1 aromatic heterocycles. The van der Waals surface area contributed by atoms with Crippen molar-refractivity contribution in [3.05, 3.63) is 23.8 Å². The van der Waals surface area contributed by atoms with E-state index in [0.717, 1.165) is 77.1 Å². The van der Waals surface area contributed by atoms with Gasteiger partial charge in [0, 0.05) is 58.0 Å². The number of hydrogen-bond donors (Lipinski definition) is 0. The molecule has 4 rings (SSSR count). The van der Waals surface area contributed by atoms with Gasteiger partial charge in [-0.1, -0.05) is 6.92 Å². The number of likely N-dealkylation sites (tertiary alicyclic amines) is 2. The van der Waals surface area contributed by atoms with Crippen LogP contribution < -0.4 is 0 Å². The Morgan fingerprint density at radius 2 is 2.00 bits per heavy atom. The van der Waals surface area contributed by atoms with Crippen molar-refractivity contribution < 1.29 is 14.3 Å². The van der Waals surface area contributed by atoms with Crippen LogP contribution in [-0.2, 0) is 16.0 Å². The summed E-state index contributed by atoms with van der Waals surface area (Å²) in [6, 6.07) is 0. The molecular weight excluding hydrogens is 356 g/mol. The number of rotatable bonds is 4. The third kappa shape index (κ3) is 4.04. The fourth-order valence-corrected chi connectivity index (χ4v) is 4.73. The maximum absolute atomic E-state index is 12.8. The Hall–Kier alpha value is -2.02. The van der Waals surface area contributed by atoms with Gasteiger partial charge in [-0.2, -0.15) is 0 Å². The van der Waals surface area contributed by atoms with Crippen LogP contribution in [0, 0.1) is 5.41 Å². The van der Waals surface area contributed by atoms with E-state index in [2.05, 4.69) is 9.97 Å². The van der Waals surface area contributed by atoms with Crippen molar-refractivity contribution in [3.8, 4) is 0 Å². The van der Waals surface area contributed by atoms with E-state index in [-0.39, 0.29) is 23.3 Å². The van der Waals surface area contributed by atoms with Crippen LogP contribution >= 0.6 is 0 Å². The molecule has 0 N–H and O–H groups in total. The third-order valence-electron chi connectivity index (χ3n) is 6.58. The van der Waals surface area contributed by atoms with Crippen LogP contribution in [-0.4, -0.2) is 70.5 Å². The quantitative estimate of drug-likeness (QED) is 0.792. The van der Waals surface area contributed by atoms with Crippen molar-refractivity contribution >= 4 is 11.8 Å². The summed E-state index contributed by atoms with van der Waals surface area (Å²) in [5.41, 5.74) is 0.707. The van der Waals surface area contributed by atoms with E-state index in [0.29, 0.717) is 12.0 Å². The van der Waals surface area contributed by atoms with Crippen molar-refractivity contribution in [2.24, 2.45) is 5.41 Å². The Balaban J connectivity index is 1.35. The predicted octanol–water partition coefficient (Wildman–Crippen LogP) is 2.06. The molecule has 3 saturated heterocycles. The number of carbonyl (C=O) groups excluding carboxylic acids is 2. The van der Waals surface area contributed by atoms with E-state index in [4.69, 9.17) is 4.74 Å². The number of hydrogen-bond acceptors (Lipinski definition) is 5. The Morgan fingerprint density at radius 1 is 1.25 bits per heavy atom. The van der Waals surface area contributed by atoms with Gasteiger partial charge in [0.2, 0.25) is 5.91 Å². The molecule has 3 aliphatic rings. The molecule has 7 heteroatoms. The number of aryl methyl sites for hydroxylation is 1. The largest absolute Gasteiger partial charge is 0.376 e. The molecule has 2 amide bonds. The average molecular weight is 386 g/mol. The van der Waals surface area contributed by atoms with Gasteiger partial charge in [-0.05, 0) is 37.5 Å². The van der Waals surface area contributed by atoms with Gasteiger partial charge in [-0.15, -0.1) is 0 Å². The molecule has 0 radical (unpaired) electrons. The Bertz CT molecular complexity index is 707. The minimum absolute atomic E-state index is 0.0144. The van der Waals surface area contributed by atoms with Crippen molar-refractivity contribution in [2.45, 2.75) is 58.0 Å². The van der Waals surface area contributed by atoms with E-state index < -0.39 is 0 Å². The number of carbonyl (C=O) groups is 2. The van der Waals surface area contributed by atoms with Crippen molar-refractivity contribution in [1.29, 1.82) is 0 Å². The number of piperidine rings is 2. The molecule has 7 nitrogen and oxygen atoms in total. The Morgan fingerprint density at radius 3 is 2.64 bits per heavy atom. The lowest BCUT2D eigenvalue weighted by molar-refractivity contribution is -0.141. The van der Waals surface area contributed by atoms with Gasteiger partial charge in [0.05, 0.1) is 11.7 Å². The molecule has 1 aromatic rings. The molecule has 1 spiro atoms. The average Bonchev–Trinajstić information content (AvgIpc) is 3.24. The van der Waals surface area contributed by atoms with Crippen LogP contribution in [0.5, 0.6) is 0 Å². The van der Waals surface area contributed by atoms with Gasteiger partial charge in [-0.3, -0.25) is 9.59 Å². The van der Waals surface area contributed by atoms with E-state index in [1.165, 1.54) is 0 Å². The maximum atomic E-state index is 12.8. The van der Waals surface area contributed by atoms with Gasteiger partial charge < -0.3 is 14.5 Å². The second-order valence-corrected chi connectivity index (χ2v) is 8.44. The molecule has 3 aliphatic heterocycles. The molecule has 0 saturated carbocycles. The highest BCUT2D eigenvalue weighted by Gasteiger charge is 2.42. The van der Waals surface area contributed by atoms with Gasteiger partial charge in [0.25, 0.3) is 5.91 Å². The first-order chi connectivity index (χ1) is 13.6. The van der Waals surface area contributed by atoms with Crippen LogP contribution in [0.25, 0.3) is 0 Å². The Kier molecular flexibility index (Phi) is 5.62. The summed E-state index contributed by atoms with van der Waals surface area (Å²) in [6.45, 7) is 5.81. The lowest BCUT2D eigenvalue weighted by Gasteiger charge is -2.47. The van der Waals surface area contributed by atoms with E-state index in [1.54, 1.807) is 12.4 Å². The zero-order chi connectivity index (χ0) is 19.6. The first kappa shape index (κ1) is 19.3. The van der Waals surface area contributed by atoms with Crippen LogP contribution in [0.2, 0.25) is 0 Å². The summed E-state index contributed by atoms with van der Waals surface area (Å²) >= 11 is 0. The normalized spacial score (nSPS) is 24.8. The summed E-state index contributed by atoms with van der Waals surface area (Å²) in [5, 5.41) is 0. The third-order valence-corrected chi connectivity index (χ3v) is 6.58. The molecule has 152 valence electrons. The van der Waals surface area contributed by atoms with Crippen molar-refractivity contribution in [1.82, 2.24) is 19.8 Å². The first-order valence-electron chi connectivity index (χ1n) is 10.6. The summed E-state index contributed by atoms with van der Waals surface area (Å²) in [5.74, 6) is 1.03. The lowest BCUT2D eigenvalue weighted by Crippen LogP contribution is -2.53. The summed E-state index contributed by atoms with van der Waals surface area (Å²) in [7, 11) is 0. The van der Waals surface area contributed by atoms with E-state index in [1.807, 2.05) is 16.7 Å². The van der Waals surface area contributed by atoms with E-state index >= 15 is 0 Å². The van der Waals surface area contributed by atoms with Gasteiger partial charge >= 0.3 is 0 Å². The molecule has 4 heterocycles. The van der Waals surface area contributed by atoms with Gasteiger partial charge in [0.15, 0.2) is 0 Å². The van der Waals surface area contributed by atoms with Crippen LogP contribution in [0.4, 0.5) is 0 Å². The SMILES string of the molecule is CCc1ncc(C(=O)N2CCC3(CCC(=O)N(C[C@@H]4CCCO4)C3)CC2)cn1. The molecule has 1 atom stereocenters. The van der Waals surface area contributed by atoms with Crippen LogP contribution in [0.3, 0.4) is 0 Å². The second kappa shape index (κ2) is 8.15. The zero-order valence-corrected chi connectivity index (χ0v) is 16.7.